The molecule has 1 unspecified atom stereocenters. The van der Waals surface area contributed by atoms with Crippen molar-refractivity contribution < 1.29 is 19.1 Å². The molecule has 0 amide bonds. The number of nitrogens with one attached hydrogen (secondary N) is 1. The summed E-state index contributed by atoms with van der Waals surface area (Å²) in [5.74, 6) is -0.339. The Hall–Kier alpha value is -3.28. The number of esters is 2. The number of hydrogen-bond donors (Lipinski definition) is 1. The highest BCUT2D eigenvalue weighted by atomic mass is 32.2. The van der Waals surface area contributed by atoms with Crippen LogP contribution in [0.2, 0.25) is 0 Å². The predicted octanol–water partition coefficient (Wildman–Crippen LogP) is 2.56. The predicted molar refractivity (Wildman–Crippen MR) is 146 cm³/mol. The molecule has 1 heterocycles. The van der Waals surface area contributed by atoms with E-state index in [1.54, 1.807) is 0 Å². The third-order valence-electron chi connectivity index (χ3n) is 5.75. The van der Waals surface area contributed by atoms with E-state index in [0.29, 0.717) is 17.0 Å². The zero-order chi connectivity index (χ0) is 24.7. The fourth-order valence-corrected chi connectivity index (χ4v) is 9.54. The lowest BCUT2D eigenvalue weighted by Gasteiger charge is -2.34. The van der Waals surface area contributed by atoms with Crippen molar-refractivity contribution in [1.82, 2.24) is 5.32 Å². The molecule has 0 saturated carbocycles. The molecule has 3 aromatic rings. The smallest absolute Gasteiger partial charge is 0.337 e. The molecule has 4 rings (SSSR count). The van der Waals surface area contributed by atoms with E-state index in [-0.39, 0.29) is 0 Å². The van der Waals surface area contributed by atoms with E-state index < -0.39 is 24.9 Å². The number of amidine groups is 1. The van der Waals surface area contributed by atoms with Crippen molar-refractivity contribution in [3.63, 3.8) is 0 Å². The van der Waals surface area contributed by atoms with E-state index in [1.165, 1.54) is 26.0 Å². The van der Waals surface area contributed by atoms with Crippen LogP contribution < -0.4 is 21.2 Å². The Labute approximate surface area is 209 Å². The van der Waals surface area contributed by atoms with Crippen LogP contribution in [0.15, 0.2) is 96.0 Å². The van der Waals surface area contributed by atoms with Crippen molar-refractivity contribution in [3.8, 4) is 0 Å². The fraction of sp³-hybridized carbons (Fsp3) is 0.185. The van der Waals surface area contributed by atoms with Gasteiger partial charge >= 0.3 is 11.9 Å². The van der Waals surface area contributed by atoms with Gasteiger partial charge in [0.2, 0.25) is 0 Å². The second-order valence-electron chi connectivity index (χ2n) is 7.69. The molecule has 0 radical (unpaired) electrons. The summed E-state index contributed by atoms with van der Waals surface area (Å²) in [6, 6.07) is 28.4. The lowest BCUT2D eigenvalue weighted by molar-refractivity contribution is -0.142. The largest absolute Gasteiger partial charge is 0.467 e. The SMILES string of the molecule is COC(=O)C(C(NC1=NCCS1)C(=O)OC)=P(c1ccccc1)(c1ccccc1)c1ccccc1. The second-order valence-corrected chi connectivity index (χ2v) is 12.1. The molecule has 0 spiro atoms. The lowest BCUT2D eigenvalue weighted by atomic mass is 10.2. The Bertz CT molecular complexity index is 1160. The number of carbonyl (C=O) groups excluding carboxylic acids is 2. The Morgan fingerprint density at radius 3 is 1.69 bits per heavy atom. The minimum Gasteiger partial charge on any atom is -0.467 e. The van der Waals surface area contributed by atoms with Crippen LogP contribution >= 0.6 is 18.6 Å². The van der Waals surface area contributed by atoms with Gasteiger partial charge in [-0.05, 0) is 22.8 Å². The van der Waals surface area contributed by atoms with E-state index in [9.17, 15) is 9.59 Å². The van der Waals surface area contributed by atoms with Crippen LogP contribution in [0.3, 0.4) is 0 Å². The molecule has 0 bridgehead atoms. The van der Waals surface area contributed by atoms with Gasteiger partial charge in [-0.3, -0.25) is 4.99 Å². The molecular weight excluding hydrogens is 479 g/mol. The third-order valence-corrected chi connectivity index (χ3v) is 11.0. The molecule has 0 saturated heterocycles. The Morgan fingerprint density at radius 1 is 0.829 bits per heavy atom. The Balaban J connectivity index is 2.22. The van der Waals surface area contributed by atoms with Crippen molar-refractivity contribution in [2.45, 2.75) is 6.04 Å². The molecule has 8 heteroatoms. The van der Waals surface area contributed by atoms with Crippen LogP contribution in [0.5, 0.6) is 0 Å². The summed E-state index contributed by atoms with van der Waals surface area (Å²) in [6.45, 7) is -2.26. The van der Waals surface area contributed by atoms with E-state index in [1.807, 2.05) is 91.0 Å². The summed E-state index contributed by atoms with van der Waals surface area (Å²) >= 11 is 1.51. The monoisotopic (exact) mass is 506 g/mol. The van der Waals surface area contributed by atoms with Gasteiger partial charge in [0.15, 0.2) is 11.2 Å². The summed E-state index contributed by atoms with van der Waals surface area (Å²) in [7, 11) is 2.66. The number of benzene rings is 3. The van der Waals surface area contributed by atoms with Gasteiger partial charge in [-0.2, -0.15) is 0 Å². The number of methoxy groups -OCH3 is 2. The van der Waals surface area contributed by atoms with Gasteiger partial charge in [-0.25, -0.2) is 9.59 Å². The summed E-state index contributed by atoms with van der Waals surface area (Å²) in [4.78, 5) is 31.6. The number of carbonyl (C=O) groups is 2. The first kappa shape index (κ1) is 24.8. The van der Waals surface area contributed by atoms with E-state index >= 15 is 0 Å². The van der Waals surface area contributed by atoms with Crippen molar-refractivity contribution in [1.29, 1.82) is 0 Å². The minimum atomic E-state index is -2.90. The molecule has 0 aliphatic carbocycles. The van der Waals surface area contributed by atoms with Crippen LogP contribution in [-0.2, 0) is 19.1 Å². The summed E-state index contributed by atoms with van der Waals surface area (Å²) in [5, 5.41) is 6.92. The van der Waals surface area contributed by atoms with Crippen LogP contribution in [0.25, 0.3) is 0 Å². The number of ether oxygens (including phenoxy) is 2. The molecule has 35 heavy (non-hydrogen) atoms. The molecular formula is C27H27N2O4PS. The van der Waals surface area contributed by atoms with E-state index in [0.717, 1.165) is 21.7 Å². The lowest BCUT2D eigenvalue weighted by Crippen LogP contribution is -2.52. The first-order chi connectivity index (χ1) is 17.1. The zero-order valence-corrected chi connectivity index (χ0v) is 21.3. The van der Waals surface area contributed by atoms with Gasteiger partial charge < -0.3 is 14.8 Å². The van der Waals surface area contributed by atoms with E-state index in [2.05, 4.69) is 10.3 Å². The number of nitrogens with zero attached hydrogens (tertiary/aromatic N) is 1. The first-order valence-electron chi connectivity index (χ1n) is 11.2. The zero-order valence-electron chi connectivity index (χ0n) is 19.6. The Morgan fingerprint density at radius 2 is 1.31 bits per heavy atom. The molecule has 0 fully saturated rings. The van der Waals surface area contributed by atoms with Gasteiger partial charge in [0.1, 0.15) is 0 Å². The number of hydrogen-bond acceptors (Lipinski definition) is 7. The summed E-state index contributed by atoms with van der Waals surface area (Å²) in [5.41, 5.74) is 0. The minimum absolute atomic E-state index is 0.311. The van der Waals surface area contributed by atoms with Gasteiger partial charge in [-0.1, -0.05) is 103 Å². The molecule has 1 aliphatic heterocycles. The average molecular weight is 507 g/mol. The molecule has 180 valence electrons. The standard InChI is InChI=1S/C27H27N2O4PS/c1-32-25(30)23(29-27-28-18-19-35-27)24(26(31)33-2)34(20-12-6-3-7-13-20,21-14-8-4-9-15-21)22-16-10-5-11-17-22/h3-17,23H,18-19H2,1-2H3,(H,28,29). The highest BCUT2D eigenvalue weighted by Crippen LogP contribution is 2.47. The normalized spacial score (nSPS) is 13.9. The number of rotatable bonds is 7. The van der Waals surface area contributed by atoms with Crippen molar-refractivity contribution in [2.24, 2.45) is 4.99 Å². The van der Waals surface area contributed by atoms with Gasteiger partial charge in [0.25, 0.3) is 0 Å². The average Bonchev–Trinajstić information content (AvgIpc) is 3.45. The van der Waals surface area contributed by atoms with Gasteiger partial charge in [0.05, 0.1) is 26.1 Å². The first-order valence-corrected chi connectivity index (χ1v) is 13.9. The number of thioether (sulfide) groups is 1. The third kappa shape index (κ3) is 4.93. The second kappa shape index (κ2) is 11.4. The van der Waals surface area contributed by atoms with Crippen LogP contribution in [-0.4, -0.2) is 55.0 Å². The van der Waals surface area contributed by atoms with Crippen molar-refractivity contribution in [2.75, 3.05) is 26.5 Å². The van der Waals surface area contributed by atoms with Gasteiger partial charge in [-0.15, -0.1) is 0 Å². The summed E-state index contributed by atoms with van der Waals surface area (Å²) in [6.07, 6.45) is 0. The van der Waals surface area contributed by atoms with Gasteiger partial charge in [0, 0.05) is 5.75 Å². The maximum Gasteiger partial charge on any atom is 0.337 e. The number of aliphatic imine (C=N–C) groups is 1. The summed E-state index contributed by atoms with van der Waals surface area (Å²) < 4.78 is 10.6. The molecule has 6 nitrogen and oxygen atoms in total. The molecule has 1 aliphatic rings. The van der Waals surface area contributed by atoms with Crippen LogP contribution in [0, 0.1) is 0 Å². The maximum absolute atomic E-state index is 13.8. The quantitative estimate of drug-likeness (QED) is 0.392. The molecule has 1 N–H and O–H groups in total. The Kier molecular flexibility index (Phi) is 8.11. The van der Waals surface area contributed by atoms with Crippen LogP contribution in [0.4, 0.5) is 0 Å². The van der Waals surface area contributed by atoms with E-state index in [4.69, 9.17) is 9.47 Å². The van der Waals surface area contributed by atoms with Crippen molar-refractivity contribution in [3.05, 3.63) is 91.0 Å². The topological polar surface area (TPSA) is 77.0 Å². The maximum atomic E-state index is 13.8. The van der Waals surface area contributed by atoms with Crippen LogP contribution in [0.1, 0.15) is 0 Å². The molecule has 3 aromatic carbocycles. The molecule has 1 atom stereocenters. The highest BCUT2D eigenvalue weighted by molar-refractivity contribution is 8.14. The fourth-order valence-electron chi connectivity index (χ4n) is 4.27. The highest BCUT2D eigenvalue weighted by Gasteiger charge is 2.41. The van der Waals surface area contributed by atoms with Crippen molar-refractivity contribution >= 4 is 57.0 Å². The molecule has 0 aromatic heterocycles.